The Labute approximate surface area is 200 Å². The average molecular weight is 658 g/mol. The summed E-state index contributed by atoms with van der Waals surface area (Å²) in [5.74, 6) is -98.3. The van der Waals surface area contributed by atoms with Gasteiger partial charge in [0.1, 0.15) is 0 Å². The van der Waals surface area contributed by atoms with E-state index in [9.17, 15) is 110 Å². The molecule has 0 saturated heterocycles. The van der Waals surface area contributed by atoms with Crippen molar-refractivity contribution in [2.24, 2.45) is 0 Å². The summed E-state index contributed by atoms with van der Waals surface area (Å²) in [4.78, 5) is 9.95. The highest BCUT2D eigenvalue weighted by molar-refractivity contribution is 5.80. The topological polar surface area (TPSA) is 37.3 Å². The fourth-order valence-electron chi connectivity index (χ4n) is 2.10. The van der Waals surface area contributed by atoms with E-state index >= 15 is 0 Å². The van der Waals surface area contributed by atoms with Crippen molar-refractivity contribution in [2.75, 3.05) is 0 Å². The first-order valence-corrected chi connectivity index (χ1v) is 8.29. The first-order valence-electron chi connectivity index (χ1n) is 8.29. The molecule has 0 rings (SSSR count). The van der Waals surface area contributed by atoms with E-state index in [0.29, 0.717) is 0 Å². The zero-order chi connectivity index (χ0) is 33.4. The van der Waals surface area contributed by atoms with E-state index in [-0.39, 0.29) is 0 Å². The van der Waals surface area contributed by atoms with Gasteiger partial charge in [-0.15, -0.1) is 0 Å². The van der Waals surface area contributed by atoms with Gasteiger partial charge < -0.3 is 5.11 Å². The smallest absolute Gasteiger partial charge is 0.460 e. The van der Waals surface area contributed by atoms with Crippen LogP contribution in [0.15, 0.2) is 11.9 Å². The number of rotatable bonds is 11. The van der Waals surface area contributed by atoms with Crippen LogP contribution in [0.25, 0.3) is 0 Å². The third kappa shape index (κ3) is 4.45. The lowest BCUT2D eigenvalue weighted by atomic mass is 9.85. The molecule has 0 atom stereocenters. The number of carboxylic acid groups (broad SMARTS) is 1. The summed E-state index contributed by atoms with van der Waals surface area (Å²) in [7, 11) is 0. The van der Waals surface area contributed by atoms with E-state index < -0.39 is 83.3 Å². The molecule has 0 aromatic carbocycles. The maximum Gasteiger partial charge on any atom is 0.460 e. The second-order valence-electron chi connectivity index (χ2n) is 7.07. The Bertz CT molecular complexity index is 1000. The minimum Gasteiger partial charge on any atom is -0.478 e. The molecule has 40 heavy (non-hydrogen) atoms. The quantitative estimate of drug-likeness (QED) is 0.182. The molecule has 1 N–H and O–H groups in total. The van der Waals surface area contributed by atoms with Gasteiger partial charge in [-0.2, -0.15) is 101 Å². The highest BCUT2D eigenvalue weighted by Gasteiger charge is 2.99. The normalized spacial score (nSPS) is 16.9. The van der Waals surface area contributed by atoms with Crippen LogP contribution in [0.2, 0.25) is 0 Å². The monoisotopic (exact) mass is 658 g/mol. The molecule has 0 radical (unpaired) electrons. The van der Waals surface area contributed by atoms with Gasteiger partial charge >= 0.3 is 71.4 Å². The number of alkyl halides is 23. The van der Waals surface area contributed by atoms with Crippen LogP contribution in [0, 0.1) is 0 Å². The van der Waals surface area contributed by atoms with E-state index in [1.807, 2.05) is 0 Å². The second kappa shape index (κ2) is 9.27. The van der Waals surface area contributed by atoms with Gasteiger partial charge in [0, 0.05) is 0 Å². The standard InChI is InChI=1S/C14H2F24O2/c15-2(1-3(39)40)4(16,17)5(18,19)6(20,21)7(22,23)8(24,25)9(26,27)10(28,29)11(30,31)12(32,33)13(34,35)14(36,37)38/h1H,(H,39,40). The number of hydrogen-bond acceptors (Lipinski definition) is 1. The fraction of sp³-hybridized carbons (Fsp3) is 0.786. The zero-order valence-corrected chi connectivity index (χ0v) is 17.0. The van der Waals surface area contributed by atoms with Crippen LogP contribution in [0.3, 0.4) is 0 Å². The van der Waals surface area contributed by atoms with Crippen molar-refractivity contribution >= 4 is 5.97 Å². The lowest BCUT2D eigenvalue weighted by molar-refractivity contribution is -0.478. The largest absolute Gasteiger partial charge is 0.478 e. The number of allylic oxidation sites excluding steroid dienone is 1. The number of halogens is 24. The number of carbonyl (C=O) groups is 1. The van der Waals surface area contributed by atoms with Gasteiger partial charge in [0.15, 0.2) is 5.83 Å². The van der Waals surface area contributed by atoms with Crippen molar-refractivity contribution in [1.82, 2.24) is 0 Å². The Hall–Kier alpha value is -2.47. The predicted octanol–water partition coefficient (Wildman–Crippen LogP) is 7.84. The SMILES string of the molecule is O=C(O)C=C(F)C(F)(F)C(F)(F)C(F)(F)C(F)(F)C(F)(F)C(F)(F)C(F)(F)C(F)(F)C(F)(F)C(F)(F)C(F)(F)F. The van der Waals surface area contributed by atoms with Gasteiger partial charge in [0.25, 0.3) is 0 Å². The summed E-state index contributed by atoms with van der Waals surface area (Å²) in [6.45, 7) is 0. The Kier molecular flexibility index (Phi) is 8.70. The summed E-state index contributed by atoms with van der Waals surface area (Å²) < 4.78 is 315. The minimum absolute atomic E-state index is 1.87. The third-order valence-electron chi connectivity index (χ3n) is 4.46. The Morgan fingerprint density at radius 3 is 0.800 bits per heavy atom. The predicted molar refractivity (Wildman–Crippen MR) is 72.4 cm³/mol. The number of hydrogen-bond donors (Lipinski definition) is 1. The van der Waals surface area contributed by atoms with Crippen LogP contribution < -0.4 is 0 Å². The molecular formula is C14H2F24O2. The van der Waals surface area contributed by atoms with E-state index in [4.69, 9.17) is 5.11 Å². The molecule has 0 aromatic rings. The maximum absolute atomic E-state index is 13.5. The number of aliphatic carboxylic acids is 1. The molecule has 0 spiro atoms. The van der Waals surface area contributed by atoms with Crippen LogP contribution in [-0.4, -0.2) is 76.5 Å². The van der Waals surface area contributed by atoms with Gasteiger partial charge in [-0.3, -0.25) is 0 Å². The summed E-state index contributed by atoms with van der Waals surface area (Å²) in [5, 5.41) is 7.86. The molecule has 2 nitrogen and oxygen atoms in total. The Balaban J connectivity index is 7.32. The molecule has 0 fully saturated rings. The molecule has 0 aromatic heterocycles. The summed E-state index contributed by atoms with van der Waals surface area (Å²) in [6, 6.07) is 0. The molecule has 26 heteroatoms. The molecule has 0 aliphatic carbocycles. The molecule has 0 heterocycles. The van der Waals surface area contributed by atoms with Crippen molar-refractivity contribution in [3.63, 3.8) is 0 Å². The van der Waals surface area contributed by atoms with E-state index in [1.54, 1.807) is 0 Å². The molecule has 0 unspecified atom stereocenters. The van der Waals surface area contributed by atoms with Crippen molar-refractivity contribution in [3.8, 4) is 0 Å². The molecule has 0 aliphatic rings. The van der Waals surface area contributed by atoms with Crippen molar-refractivity contribution in [2.45, 2.75) is 65.4 Å². The first kappa shape index (κ1) is 37.5. The summed E-state index contributed by atoms with van der Waals surface area (Å²) >= 11 is 0. The van der Waals surface area contributed by atoms with Crippen LogP contribution in [0.4, 0.5) is 105 Å². The third-order valence-corrected chi connectivity index (χ3v) is 4.46. The molecule has 0 aliphatic heterocycles. The highest BCUT2D eigenvalue weighted by atomic mass is 19.4. The van der Waals surface area contributed by atoms with Gasteiger partial charge in [-0.25, -0.2) is 9.18 Å². The van der Waals surface area contributed by atoms with Crippen LogP contribution in [0.1, 0.15) is 0 Å². The Morgan fingerprint density at radius 2 is 0.600 bits per heavy atom. The highest BCUT2D eigenvalue weighted by Crippen LogP contribution is 2.67. The lowest BCUT2D eigenvalue weighted by Crippen LogP contribution is -2.77. The van der Waals surface area contributed by atoms with E-state index in [0.717, 1.165) is 0 Å². The molecular weight excluding hydrogens is 656 g/mol. The van der Waals surface area contributed by atoms with Crippen LogP contribution in [-0.2, 0) is 4.79 Å². The van der Waals surface area contributed by atoms with Crippen LogP contribution >= 0.6 is 0 Å². The summed E-state index contributed by atoms with van der Waals surface area (Å²) in [5.41, 5.74) is 0. The zero-order valence-electron chi connectivity index (χ0n) is 17.0. The summed E-state index contributed by atoms with van der Waals surface area (Å²) in [6.07, 6.45) is -10.0. The molecule has 0 saturated carbocycles. The van der Waals surface area contributed by atoms with E-state index in [1.165, 1.54) is 0 Å². The molecule has 238 valence electrons. The minimum atomic E-state index is -9.57. The maximum atomic E-state index is 13.5. The van der Waals surface area contributed by atoms with Gasteiger partial charge in [0.2, 0.25) is 0 Å². The average Bonchev–Trinajstić information content (AvgIpc) is 2.70. The fourth-order valence-corrected chi connectivity index (χ4v) is 2.10. The first-order chi connectivity index (χ1) is 16.8. The number of carboxylic acids is 1. The van der Waals surface area contributed by atoms with Crippen molar-refractivity contribution in [3.05, 3.63) is 11.9 Å². The molecule has 0 amide bonds. The van der Waals surface area contributed by atoms with Crippen molar-refractivity contribution in [1.29, 1.82) is 0 Å². The van der Waals surface area contributed by atoms with Gasteiger partial charge in [-0.1, -0.05) is 0 Å². The van der Waals surface area contributed by atoms with Gasteiger partial charge in [0.05, 0.1) is 6.08 Å². The Morgan fingerprint density at radius 1 is 0.400 bits per heavy atom. The lowest BCUT2D eigenvalue weighted by Gasteiger charge is -2.45. The van der Waals surface area contributed by atoms with E-state index in [2.05, 4.69) is 0 Å². The second-order valence-corrected chi connectivity index (χ2v) is 7.07. The van der Waals surface area contributed by atoms with Crippen LogP contribution in [0.5, 0.6) is 0 Å². The van der Waals surface area contributed by atoms with Gasteiger partial charge in [-0.05, 0) is 0 Å². The molecule has 0 bridgehead atoms. The van der Waals surface area contributed by atoms with Crippen molar-refractivity contribution < 1.29 is 115 Å².